The molecule has 0 radical (unpaired) electrons. The first-order valence-electron chi connectivity index (χ1n) is 13.5. The summed E-state index contributed by atoms with van der Waals surface area (Å²) >= 11 is 0. The first kappa shape index (κ1) is 24.7. The molecule has 3 heterocycles. The third kappa shape index (κ3) is 4.32. The number of aromatic nitrogens is 4. The average Bonchev–Trinajstić information content (AvgIpc) is 3.58. The number of hydrogen-bond acceptors (Lipinski definition) is 5. The van der Waals surface area contributed by atoms with Gasteiger partial charge in [0.25, 0.3) is 0 Å². The molecule has 4 aromatic carbocycles. The van der Waals surface area contributed by atoms with Crippen molar-refractivity contribution >= 4 is 21.9 Å². The van der Waals surface area contributed by atoms with E-state index in [1.165, 1.54) is 0 Å². The van der Waals surface area contributed by atoms with E-state index in [0.29, 0.717) is 23.3 Å². The molecule has 0 spiro atoms. The van der Waals surface area contributed by atoms with Crippen LogP contribution in [0.15, 0.2) is 101 Å². The first-order valence-corrected chi connectivity index (χ1v) is 13.5. The van der Waals surface area contributed by atoms with Crippen LogP contribution < -0.4 is 9.47 Å². The summed E-state index contributed by atoms with van der Waals surface area (Å²) in [6.45, 7) is 4.06. The van der Waals surface area contributed by atoms with Crippen LogP contribution in [0.2, 0.25) is 0 Å². The minimum Gasteiger partial charge on any atom is -0.456 e. The molecule has 7 heteroatoms. The van der Waals surface area contributed by atoms with E-state index in [1.54, 1.807) is 0 Å². The van der Waals surface area contributed by atoms with Gasteiger partial charge in [0.1, 0.15) is 22.7 Å². The van der Waals surface area contributed by atoms with E-state index in [2.05, 4.69) is 34.5 Å². The highest BCUT2D eigenvalue weighted by atomic mass is 16.5. The van der Waals surface area contributed by atoms with Gasteiger partial charge in [-0.15, -0.1) is 10.2 Å². The smallest absolute Gasteiger partial charge is 0.241 e. The molecule has 0 aliphatic carbocycles. The van der Waals surface area contributed by atoms with Gasteiger partial charge in [-0.25, -0.2) is 0 Å². The fourth-order valence-electron chi connectivity index (χ4n) is 5.49. The second-order valence-electron chi connectivity index (χ2n) is 10.2. The fraction of sp³-hybridized carbons (Fsp3) is 0.118. The number of nitrogens with zero attached hydrogens (tertiary/aromatic N) is 4. The predicted octanol–water partition coefficient (Wildman–Crippen LogP) is 8.59. The van der Waals surface area contributed by atoms with E-state index in [1.807, 2.05) is 110 Å². The third-order valence-corrected chi connectivity index (χ3v) is 7.42. The van der Waals surface area contributed by atoms with E-state index >= 15 is 0 Å². The molecule has 7 rings (SSSR count). The molecule has 0 aliphatic heterocycles. The van der Waals surface area contributed by atoms with Gasteiger partial charge in [-0.1, -0.05) is 60.7 Å². The molecule has 7 nitrogen and oxygen atoms in total. The van der Waals surface area contributed by atoms with Crippen molar-refractivity contribution in [2.75, 3.05) is 0 Å². The number of hydrogen-bond donors (Lipinski definition) is 0. The van der Waals surface area contributed by atoms with Gasteiger partial charge >= 0.3 is 0 Å². The number of benzene rings is 4. The Morgan fingerprint density at radius 2 is 0.976 bits per heavy atom. The minimum atomic E-state index is 0.572. The van der Waals surface area contributed by atoms with E-state index in [-0.39, 0.29) is 0 Å². The summed E-state index contributed by atoms with van der Waals surface area (Å²) in [6, 6.07) is 32.0. The molecule has 7 aromatic rings. The Morgan fingerprint density at radius 3 is 1.39 bits per heavy atom. The molecule has 3 aromatic heterocycles. The Hall–Kier alpha value is -5.30. The molecule has 0 N–H and O–H groups in total. The van der Waals surface area contributed by atoms with Gasteiger partial charge < -0.3 is 13.9 Å². The summed E-state index contributed by atoms with van der Waals surface area (Å²) in [4.78, 5) is 0. The normalized spacial score (nSPS) is 11.4. The molecular weight excluding hydrogens is 512 g/mol. The lowest BCUT2D eigenvalue weighted by molar-refractivity contribution is 0.451. The Labute approximate surface area is 237 Å². The summed E-state index contributed by atoms with van der Waals surface area (Å²) in [5.74, 6) is 2.51. The number of furan rings is 1. The van der Waals surface area contributed by atoms with Crippen LogP contribution in [0.5, 0.6) is 23.3 Å². The highest BCUT2D eigenvalue weighted by Gasteiger charge is 2.19. The van der Waals surface area contributed by atoms with Gasteiger partial charge in [-0.2, -0.15) is 0 Å². The summed E-state index contributed by atoms with van der Waals surface area (Å²) in [5.41, 5.74) is 7.74. The van der Waals surface area contributed by atoms with Crippen molar-refractivity contribution in [3.63, 3.8) is 0 Å². The molecule has 0 amide bonds. The van der Waals surface area contributed by atoms with Gasteiger partial charge in [0.15, 0.2) is 0 Å². The Morgan fingerprint density at radius 1 is 0.561 bits per heavy atom. The summed E-state index contributed by atoms with van der Waals surface area (Å²) in [6.07, 6.45) is 0. The van der Waals surface area contributed by atoms with Crippen molar-refractivity contribution in [2.45, 2.75) is 13.8 Å². The molecule has 0 aliphatic rings. The van der Waals surface area contributed by atoms with Gasteiger partial charge in [-0.3, -0.25) is 9.36 Å². The molecule has 41 heavy (non-hydrogen) atoms. The molecule has 0 saturated carbocycles. The van der Waals surface area contributed by atoms with Crippen LogP contribution in [0.25, 0.3) is 44.5 Å². The SMILES string of the molecule is Cc1c(Oc2ccc3oc4ccc(Oc5nn(C)c(-c6ccccc6)c5C)cc4c3c2)nn(C)c1-c1ccccc1. The van der Waals surface area contributed by atoms with Crippen molar-refractivity contribution in [3.8, 4) is 45.8 Å². The lowest BCUT2D eigenvalue weighted by Crippen LogP contribution is -1.94. The molecule has 202 valence electrons. The van der Waals surface area contributed by atoms with Crippen LogP contribution in [-0.4, -0.2) is 19.6 Å². The maximum absolute atomic E-state index is 6.30. The standard InChI is InChI=1S/C34H28N4O3/c1-21-31(23-11-7-5-8-12-23)37(3)35-33(21)39-25-15-17-29-27(19-25)28-20-26(16-18-30(28)41-29)40-34-22(2)32(38(4)36-34)24-13-9-6-10-14-24/h5-20H,1-4H3. The van der Waals surface area contributed by atoms with Crippen LogP contribution in [0, 0.1) is 13.8 Å². The minimum absolute atomic E-state index is 0.572. The van der Waals surface area contributed by atoms with Gasteiger partial charge in [0.05, 0.1) is 11.4 Å². The largest absolute Gasteiger partial charge is 0.456 e. The molecule has 0 bridgehead atoms. The average molecular weight is 541 g/mol. The van der Waals surface area contributed by atoms with Crippen LogP contribution in [0.1, 0.15) is 11.1 Å². The quantitative estimate of drug-likeness (QED) is 0.211. The predicted molar refractivity (Wildman–Crippen MR) is 161 cm³/mol. The Balaban J connectivity index is 1.21. The zero-order valence-corrected chi connectivity index (χ0v) is 23.3. The van der Waals surface area contributed by atoms with E-state index in [0.717, 1.165) is 55.6 Å². The highest BCUT2D eigenvalue weighted by Crippen LogP contribution is 2.38. The van der Waals surface area contributed by atoms with Crippen molar-refractivity contribution in [2.24, 2.45) is 14.1 Å². The lowest BCUT2D eigenvalue weighted by Gasteiger charge is -2.05. The van der Waals surface area contributed by atoms with E-state index in [9.17, 15) is 0 Å². The highest BCUT2D eigenvalue weighted by molar-refractivity contribution is 6.06. The van der Waals surface area contributed by atoms with Crippen molar-refractivity contribution < 1.29 is 13.9 Å². The van der Waals surface area contributed by atoms with Gasteiger partial charge in [0.2, 0.25) is 11.8 Å². The molecule has 0 unspecified atom stereocenters. The van der Waals surface area contributed by atoms with E-state index < -0.39 is 0 Å². The van der Waals surface area contributed by atoms with Crippen LogP contribution >= 0.6 is 0 Å². The first-order chi connectivity index (χ1) is 20.0. The van der Waals surface area contributed by atoms with Crippen LogP contribution in [0.3, 0.4) is 0 Å². The maximum Gasteiger partial charge on any atom is 0.241 e. The number of rotatable bonds is 6. The third-order valence-electron chi connectivity index (χ3n) is 7.42. The summed E-state index contributed by atoms with van der Waals surface area (Å²) in [7, 11) is 3.87. The topological polar surface area (TPSA) is 67.2 Å². The Bertz CT molecular complexity index is 1890. The van der Waals surface area contributed by atoms with Crippen molar-refractivity contribution in [1.82, 2.24) is 19.6 Å². The van der Waals surface area contributed by atoms with Gasteiger partial charge in [-0.05, 0) is 50.2 Å². The molecule has 0 saturated heterocycles. The molecular formula is C34H28N4O3. The van der Waals surface area contributed by atoms with E-state index in [4.69, 9.17) is 13.9 Å². The zero-order valence-electron chi connectivity index (χ0n) is 23.3. The van der Waals surface area contributed by atoms with Crippen LogP contribution in [-0.2, 0) is 14.1 Å². The fourth-order valence-corrected chi connectivity index (χ4v) is 5.49. The second-order valence-corrected chi connectivity index (χ2v) is 10.2. The molecule has 0 fully saturated rings. The zero-order chi connectivity index (χ0) is 28.1. The lowest BCUT2D eigenvalue weighted by atomic mass is 10.1. The number of fused-ring (bicyclic) bond motifs is 3. The van der Waals surface area contributed by atoms with Crippen molar-refractivity contribution in [1.29, 1.82) is 0 Å². The van der Waals surface area contributed by atoms with Crippen LogP contribution in [0.4, 0.5) is 0 Å². The summed E-state index contributed by atoms with van der Waals surface area (Å²) < 4.78 is 22.4. The second kappa shape index (κ2) is 9.71. The summed E-state index contributed by atoms with van der Waals surface area (Å²) in [5, 5.41) is 11.2. The maximum atomic E-state index is 6.30. The number of ether oxygens (including phenoxy) is 2. The van der Waals surface area contributed by atoms with Crippen molar-refractivity contribution in [3.05, 3.63) is 108 Å². The number of aryl methyl sites for hydroxylation is 2. The Kier molecular flexibility index (Phi) is 5.86. The molecule has 0 atom stereocenters. The van der Waals surface area contributed by atoms with Gasteiger partial charge in [0, 0.05) is 47.1 Å². The monoisotopic (exact) mass is 540 g/mol.